The number of benzene rings is 1. The zero-order chi connectivity index (χ0) is 16.5. The van der Waals surface area contributed by atoms with Crippen LogP contribution >= 0.6 is 0 Å². The normalized spacial score (nSPS) is 22.3. The number of carbonyl (C=O) groups excluding carboxylic acids is 1. The van der Waals surface area contributed by atoms with E-state index in [0.717, 1.165) is 29.3 Å². The van der Waals surface area contributed by atoms with Crippen molar-refractivity contribution in [1.29, 1.82) is 0 Å². The molecule has 1 aromatic heterocycles. The van der Waals surface area contributed by atoms with Gasteiger partial charge in [-0.15, -0.1) is 0 Å². The van der Waals surface area contributed by atoms with Crippen molar-refractivity contribution in [2.24, 2.45) is 12.0 Å². The van der Waals surface area contributed by atoms with Crippen LogP contribution in [0.5, 0.6) is 0 Å². The smallest absolute Gasteiger partial charge is 0.274 e. The van der Waals surface area contributed by atoms with Gasteiger partial charge in [-0.2, -0.15) is 5.10 Å². The summed E-state index contributed by atoms with van der Waals surface area (Å²) >= 11 is 0. The Bertz CT molecular complexity index is 842. The molecule has 24 heavy (non-hydrogen) atoms. The van der Waals surface area contributed by atoms with E-state index in [-0.39, 0.29) is 5.91 Å². The molecule has 0 radical (unpaired) electrons. The van der Waals surface area contributed by atoms with Crippen molar-refractivity contribution in [3.8, 4) is 0 Å². The second-order valence-corrected chi connectivity index (χ2v) is 6.53. The van der Waals surface area contributed by atoms with Gasteiger partial charge in [-0.1, -0.05) is 25.3 Å². The van der Waals surface area contributed by atoms with Crippen LogP contribution < -0.4 is 10.6 Å². The lowest BCUT2D eigenvalue weighted by molar-refractivity contribution is -0.115. The first-order chi connectivity index (χ1) is 11.7. The third-order valence-electron chi connectivity index (χ3n) is 4.57. The third kappa shape index (κ3) is 3.04. The van der Waals surface area contributed by atoms with Crippen LogP contribution in [0.2, 0.25) is 0 Å². The van der Waals surface area contributed by atoms with Gasteiger partial charge in [0.25, 0.3) is 5.91 Å². The van der Waals surface area contributed by atoms with Gasteiger partial charge in [0.2, 0.25) is 5.96 Å². The summed E-state index contributed by atoms with van der Waals surface area (Å²) in [6, 6.07) is 6.28. The number of nitrogens with zero attached hydrogens (tertiary/aromatic N) is 3. The molecule has 6 nitrogen and oxygen atoms in total. The Balaban J connectivity index is 1.55. The summed E-state index contributed by atoms with van der Waals surface area (Å²) in [5, 5.41) is 11.4. The molecule has 0 atom stereocenters. The van der Waals surface area contributed by atoms with Crippen LogP contribution in [0.1, 0.15) is 37.7 Å². The highest BCUT2D eigenvalue weighted by Gasteiger charge is 2.23. The van der Waals surface area contributed by atoms with Crippen molar-refractivity contribution in [3.63, 3.8) is 0 Å². The summed E-state index contributed by atoms with van der Waals surface area (Å²) in [4.78, 5) is 16.8. The zero-order valence-corrected chi connectivity index (χ0v) is 13.7. The molecule has 1 amide bonds. The van der Waals surface area contributed by atoms with Gasteiger partial charge in [0, 0.05) is 18.6 Å². The number of amides is 1. The van der Waals surface area contributed by atoms with E-state index >= 15 is 0 Å². The Morgan fingerprint density at radius 3 is 2.92 bits per heavy atom. The molecule has 1 saturated carbocycles. The Morgan fingerprint density at radius 2 is 2.08 bits per heavy atom. The van der Waals surface area contributed by atoms with E-state index in [1.807, 2.05) is 37.5 Å². The van der Waals surface area contributed by atoms with Gasteiger partial charge in [0.05, 0.1) is 11.6 Å². The first kappa shape index (κ1) is 14.9. The highest BCUT2D eigenvalue weighted by molar-refractivity contribution is 6.15. The molecule has 2 heterocycles. The van der Waals surface area contributed by atoms with E-state index in [2.05, 4.69) is 20.7 Å². The molecular formula is C18H21N5O. The summed E-state index contributed by atoms with van der Waals surface area (Å²) in [5.74, 6) is 0.455. The van der Waals surface area contributed by atoms with E-state index in [0.29, 0.717) is 17.7 Å². The fourth-order valence-electron chi connectivity index (χ4n) is 3.37. The molecule has 2 fully saturated rings. The maximum Gasteiger partial charge on any atom is 0.274 e. The van der Waals surface area contributed by atoms with Gasteiger partial charge in [0.15, 0.2) is 0 Å². The van der Waals surface area contributed by atoms with E-state index in [9.17, 15) is 4.79 Å². The largest absolute Gasteiger partial charge is 0.321 e. The monoisotopic (exact) mass is 323 g/mol. The van der Waals surface area contributed by atoms with Crippen molar-refractivity contribution in [1.82, 2.24) is 20.4 Å². The second-order valence-electron chi connectivity index (χ2n) is 6.53. The van der Waals surface area contributed by atoms with Crippen molar-refractivity contribution in [3.05, 3.63) is 35.7 Å². The molecule has 2 aromatic rings. The minimum Gasteiger partial charge on any atom is -0.321 e. The Labute approximate surface area is 140 Å². The van der Waals surface area contributed by atoms with Crippen molar-refractivity contribution in [2.45, 2.75) is 38.1 Å². The summed E-state index contributed by atoms with van der Waals surface area (Å²) in [7, 11) is 1.90. The number of carbonyl (C=O) groups is 1. The molecule has 1 aliphatic heterocycles. The maximum absolute atomic E-state index is 12.2. The van der Waals surface area contributed by atoms with Gasteiger partial charge < -0.3 is 5.32 Å². The lowest BCUT2D eigenvalue weighted by Gasteiger charge is -2.17. The van der Waals surface area contributed by atoms with Gasteiger partial charge in [-0.05, 0) is 36.6 Å². The van der Waals surface area contributed by atoms with Crippen LogP contribution in [0.15, 0.2) is 35.1 Å². The molecule has 2 N–H and O–H groups in total. The van der Waals surface area contributed by atoms with Gasteiger partial charge >= 0.3 is 0 Å². The molecule has 0 bridgehead atoms. The molecule has 124 valence electrons. The standard InChI is InChI=1S/C18H21N5O/c1-23-11-13-9-12(7-8-15(13)22-23)10-16-17(24)21-18(20-16)19-14-5-3-2-4-6-14/h7-11,14H,2-6H2,1H3,(H2,19,20,21,24)/b16-10-. The quantitative estimate of drug-likeness (QED) is 0.833. The number of guanidine groups is 1. The fraction of sp³-hybridized carbons (Fsp3) is 0.389. The highest BCUT2D eigenvalue weighted by Crippen LogP contribution is 2.21. The first-order valence-corrected chi connectivity index (χ1v) is 8.49. The minimum absolute atomic E-state index is 0.129. The molecule has 1 aromatic carbocycles. The SMILES string of the molecule is Cn1cc2cc(/C=C3\NC(=NC4CCCCC4)NC3=O)ccc2n1. The van der Waals surface area contributed by atoms with E-state index < -0.39 is 0 Å². The number of aryl methyl sites for hydroxylation is 1. The number of aromatic nitrogens is 2. The topological polar surface area (TPSA) is 71.3 Å². The summed E-state index contributed by atoms with van der Waals surface area (Å²) < 4.78 is 1.79. The lowest BCUT2D eigenvalue weighted by Crippen LogP contribution is -2.28. The van der Waals surface area contributed by atoms with Crippen LogP contribution in [0.4, 0.5) is 0 Å². The number of fused-ring (bicyclic) bond motifs is 1. The molecular weight excluding hydrogens is 302 g/mol. The molecule has 0 spiro atoms. The van der Waals surface area contributed by atoms with Crippen LogP contribution in [-0.2, 0) is 11.8 Å². The van der Waals surface area contributed by atoms with Gasteiger partial charge in [-0.3, -0.25) is 14.8 Å². The van der Waals surface area contributed by atoms with Crippen LogP contribution in [0.25, 0.3) is 17.0 Å². The van der Waals surface area contributed by atoms with Crippen molar-refractivity contribution >= 4 is 28.8 Å². The number of hydrogen-bond acceptors (Lipinski definition) is 3. The van der Waals surface area contributed by atoms with Crippen LogP contribution in [0.3, 0.4) is 0 Å². The predicted octanol–water partition coefficient (Wildman–Crippen LogP) is 2.32. The third-order valence-corrected chi connectivity index (χ3v) is 4.57. The second kappa shape index (κ2) is 6.11. The molecule has 1 saturated heterocycles. The number of nitrogens with one attached hydrogen (secondary N) is 2. The summed E-state index contributed by atoms with van der Waals surface area (Å²) in [6.45, 7) is 0. The molecule has 4 rings (SSSR count). The molecule has 0 unspecified atom stereocenters. The number of hydrogen-bond donors (Lipinski definition) is 2. The lowest BCUT2D eigenvalue weighted by atomic mass is 9.96. The predicted molar refractivity (Wildman–Crippen MR) is 94.3 cm³/mol. The fourth-order valence-corrected chi connectivity index (χ4v) is 3.37. The Hall–Kier alpha value is -2.63. The van der Waals surface area contributed by atoms with E-state index in [1.54, 1.807) is 4.68 Å². The first-order valence-electron chi connectivity index (χ1n) is 8.49. The highest BCUT2D eigenvalue weighted by atomic mass is 16.2. The van der Waals surface area contributed by atoms with Crippen LogP contribution in [-0.4, -0.2) is 27.7 Å². The minimum atomic E-state index is -0.129. The molecule has 2 aliphatic rings. The molecule has 6 heteroatoms. The van der Waals surface area contributed by atoms with E-state index in [4.69, 9.17) is 0 Å². The Kier molecular flexibility index (Phi) is 3.80. The maximum atomic E-state index is 12.2. The van der Waals surface area contributed by atoms with Gasteiger partial charge in [0.1, 0.15) is 5.70 Å². The number of rotatable bonds is 2. The van der Waals surface area contributed by atoms with E-state index in [1.165, 1.54) is 19.3 Å². The average molecular weight is 323 g/mol. The molecule has 1 aliphatic carbocycles. The zero-order valence-electron chi connectivity index (χ0n) is 13.7. The summed E-state index contributed by atoms with van der Waals surface area (Å²) in [5.41, 5.74) is 2.45. The Morgan fingerprint density at radius 1 is 1.25 bits per heavy atom. The number of aliphatic imine (C=N–C) groups is 1. The van der Waals surface area contributed by atoms with Crippen LogP contribution in [0, 0.1) is 0 Å². The summed E-state index contributed by atoms with van der Waals surface area (Å²) in [6.07, 6.45) is 9.78. The van der Waals surface area contributed by atoms with Gasteiger partial charge in [-0.25, -0.2) is 4.99 Å². The van der Waals surface area contributed by atoms with Crippen molar-refractivity contribution in [2.75, 3.05) is 0 Å². The average Bonchev–Trinajstić information content (AvgIpc) is 3.10. The van der Waals surface area contributed by atoms with Crippen molar-refractivity contribution < 1.29 is 4.79 Å².